The summed E-state index contributed by atoms with van der Waals surface area (Å²) >= 11 is 0. The van der Waals surface area contributed by atoms with Crippen LogP contribution in [0.4, 0.5) is 10.6 Å². The van der Waals surface area contributed by atoms with Crippen molar-refractivity contribution in [1.29, 1.82) is 0 Å². The monoisotopic (exact) mass is 458 g/mol. The van der Waals surface area contributed by atoms with Crippen LogP contribution in [0, 0.1) is 0 Å². The summed E-state index contributed by atoms with van der Waals surface area (Å²) in [6.07, 6.45) is 3.92. The van der Waals surface area contributed by atoms with E-state index < -0.39 is 0 Å². The fourth-order valence-corrected chi connectivity index (χ4v) is 4.32. The maximum absolute atomic E-state index is 12.3. The van der Waals surface area contributed by atoms with Gasteiger partial charge in [0.1, 0.15) is 11.6 Å². The molecular weight excluding hydrogens is 428 g/mol. The number of anilines is 1. The molecule has 0 radical (unpaired) electrons. The van der Waals surface area contributed by atoms with Gasteiger partial charge in [-0.25, -0.2) is 9.78 Å². The molecule has 1 fully saturated rings. The van der Waals surface area contributed by atoms with Gasteiger partial charge in [0.25, 0.3) is 0 Å². The van der Waals surface area contributed by atoms with Gasteiger partial charge in [0.05, 0.1) is 19.8 Å². The Balaban J connectivity index is 1.11. The SMILES string of the molecule is O=C(NCc1ccc(-c2ccc3c(c2)CCCO3)cc1)NCc1ccnc(N2CCOCC2)c1. The third kappa shape index (κ3) is 5.48. The van der Waals surface area contributed by atoms with Gasteiger partial charge in [0, 0.05) is 32.4 Å². The summed E-state index contributed by atoms with van der Waals surface area (Å²) in [7, 11) is 0. The molecule has 2 aromatic carbocycles. The number of nitrogens with one attached hydrogen (secondary N) is 2. The van der Waals surface area contributed by atoms with Crippen LogP contribution >= 0.6 is 0 Å². The molecule has 1 saturated heterocycles. The van der Waals surface area contributed by atoms with E-state index in [9.17, 15) is 4.79 Å². The summed E-state index contributed by atoms with van der Waals surface area (Å²) in [5.41, 5.74) is 5.70. The Hall–Kier alpha value is -3.58. The van der Waals surface area contributed by atoms with Crippen molar-refractivity contribution in [2.45, 2.75) is 25.9 Å². The Bertz CT molecular complexity index is 1130. The zero-order valence-corrected chi connectivity index (χ0v) is 19.3. The number of benzene rings is 2. The molecule has 1 aromatic heterocycles. The fourth-order valence-electron chi connectivity index (χ4n) is 4.32. The molecule has 0 bridgehead atoms. The first kappa shape index (κ1) is 22.2. The summed E-state index contributed by atoms with van der Waals surface area (Å²) in [4.78, 5) is 19.0. The maximum atomic E-state index is 12.3. The quantitative estimate of drug-likeness (QED) is 0.586. The Morgan fingerprint density at radius 3 is 2.47 bits per heavy atom. The molecule has 2 aliphatic heterocycles. The number of fused-ring (bicyclic) bond motifs is 1. The minimum Gasteiger partial charge on any atom is -0.493 e. The van der Waals surface area contributed by atoms with E-state index in [4.69, 9.17) is 9.47 Å². The minimum atomic E-state index is -0.191. The van der Waals surface area contributed by atoms with Gasteiger partial charge in [-0.15, -0.1) is 0 Å². The molecule has 2 amide bonds. The Morgan fingerprint density at radius 1 is 0.882 bits per heavy atom. The fraction of sp³-hybridized carbons (Fsp3) is 0.333. The first-order valence-corrected chi connectivity index (χ1v) is 11.9. The number of amides is 2. The van der Waals surface area contributed by atoms with Crippen LogP contribution in [0.2, 0.25) is 0 Å². The average molecular weight is 459 g/mol. The van der Waals surface area contributed by atoms with Gasteiger partial charge in [-0.05, 0) is 64.9 Å². The molecule has 2 aliphatic rings. The number of aryl methyl sites for hydroxylation is 1. The smallest absolute Gasteiger partial charge is 0.315 e. The number of ether oxygens (including phenoxy) is 2. The number of morpholine rings is 1. The summed E-state index contributed by atoms with van der Waals surface area (Å²) in [5.74, 6) is 1.93. The van der Waals surface area contributed by atoms with Crippen molar-refractivity contribution in [3.8, 4) is 16.9 Å². The van der Waals surface area contributed by atoms with E-state index in [0.717, 1.165) is 74.0 Å². The molecule has 5 rings (SSSR count). The highest BCUT2D eigenvalue weighted by molar-refractivity contribution is 5.74. The number of hydrogen-bond donors (Lipinski definition) is 2. The van der Waals surface area contributed by atoms with Gasteiger partial charge in [-0.1, -0.05) is 30.3 Å². The molecule has 34 heavy (non-hydrogen) atoms. The zero-order valence-electron chi connectivity index (χ0n) is 19.3. The zero-order chi connectivity index (χ0) is 23.2. The lowest BCUT2D eigenvalue weighted by Crippen LogP contribution is -2.37. The molecule has 7 heteroatoms. The lowest BCUT2D eigenvalue weighted by molar-refractivity contribution is 0.122. The molecule has 7 nitrogen and oxygen atoms in total. The number of urea groups is 1. The van der Waals surface area contributed by atoms with E-state index in [-0.39, 0.29) is 6.03 Å². The summed E-state index contributed by atoms with van der Waals surface area (Å²) in [6, 6.07) is 18.5. The van der Waals surface area contributed by atoms with Crippen LogP contribution in [0.3, 0.4) is 0 Å². The molecule has 0 aliphatic carbocycles. The third-order valence-corrected chi connectivity index (χ3v) is 6.25. The number of hydrogen-bond acceptors (Lipinski definition) is 5. The number of nitrogens with zero attached hydrogens (tertiary/aromatic N) is 2. The van der Waals surface area contributed by atoms with E-state index in [1.165, 1.54) is 11.1 Å². The van der Waals surface area contributed by atoms with Gasteiger partial charge < -0.3 is 25.0 Å². The van der Waals surface area contributed by atoms with Crippen molar-refractivity contribution in [2.24, 2.45) is 0 Å². The molecule has 176 valence electrons. The summed E-state index contributed by atoms with van der Waals surface area (Å²) in [6.45, 7) is 4.84. The second-order valence-corrected chi connectivity index (χ2v) is 8.63. The molecule has 0 atom stereocenters. The third-order valence-electron chi connectivity index (χ3n) is 6.25. The summed E-state index contributed by atoms with van der Waals surface area (Å²) in [5, 5.41) is 5.87. The van der Waals surface area contributed by atoms with E-state index in [0.29, 0.717) is 13.1 Å². The Kier molecular flexibility index (Phi) is 6.91. The normalized spacial score (nSPS) is 15.2. The molecule has 0 saturated carbocycles. The molecule has 3 heterocycles. The first-order valence-electron chi connectivity index (χ1n) is 11.9. The molecule has 0 unspecified atom stereocenters. The van der Waals surface area contributed by atoms with Gasteiger partial charge in [-0.3, -0.25) is 0 Å². The molecule has 0 spiro atoms. The number of carbonyl (C=O) groups excluding carboxylic acids is 1. The summed E-state index contributed by atoms with van der Waals surface area (Å²) < 4.78 is 11.1. The van der Waals surface area contributed by atoms with Crippen molar-refractivity contribution >= 4 is 11.8 Å². The number of pyridine rings is 1. The first-order chi connectivity index (χ1) is 16.7. The van der Waals surface area contributed by atoms with Crippen molar-refractivity contribution in [1.82, 2.24) is 15.6 Å². The molecular formula is C27H30N4O3. The van der Waals surface area contributed by atoms with Crippen LogP contribution in [-0.2, 0) is 24.2 Å². The predicted octanol–water partition coefficient (Wildman–Crippen LogP) is 3.91. The van der Waals surface area contributed by atoms with Crippen molar-refractivity contribution in [3.05, 3.63) is 77.5 Å². The lowest BCUT2D eigenvalue weighted by Gasteiger charge is -2.28. The minimum absolute atomic E-state index is 0.191. The van der Waals surface area contributed by atoms with Crippen LogP contribution in [0.15, 0.2) is 60.8 Å². The van der Waals surface area contributed by atoms with Gasteiger partial charge >= 0.3 is 6.03 Å². The van der Waals surface area contributed by atoms with Crippen LogP contribution < -0.4 is 20.3 Å². The second kappa shape index (κ2) is 10.6. The highest BCUT2D eigenvalue weighted by atomic mass is 16.5. The Morgan fingerprint density at radius 2 is 1.65 bits per heavy atom. The average Bonchev–Trinajstić information content (AvgIpc) is 2.91. The van der Waals surface area contributed by atoms with Crippen LogP contribution in [0.5, 0.6) is 5.75 Å². The van der Waals surface area contributed by atoms with E-state index in [2.05, 4.69) is 63.0 Å². The topological polar surface area (TPSA) is 75.7 Å². The van der Waals surface area contributed by atoms with Crippen LogP contribution in [0.1, 0.15) is 23.1 Å². The van der Waals surface area contributed by atoms with Crippen molar-refractivity contribution in [2.75, 3.05) is 37.8 Å². The van der Waals surface area contributed by atoms with Crippen molar-refractivity contribution < 1.29 is 14.3 Å². The number of aromatic nitrogens is 1. The Labute approximate surface area is 200 Å². The molecule has 3 aromatic rings. The van der Waals surface area contributed by atoms with Gasteiger partial charge in [0.15, 0.2) is 0 Å². The predicted molar refractivity (Wildman–Crippen MR) is 132 cm³/mol. The van der Waals surface area contributed by atoms with Crippen molar-refractivity contribution in [3.63, 3.8) is 0 Å². The van der Waals surface area contributed by atoms with Crippen LogP contribution in [-0.4, -0.2) is 43.9 Å². The lowest BCUT2D eigenvalue weighted by atomic mass is 9.98. The standard InChI is InChI=1S/C27H30N4O3/c32-27(30-19-21-9-10-28-26(16-21)31-11-14-33-15-12-31)29-18-20-3-5-22(6-4-20)23-7-8-25-24(17-23)2-1-13-34-25/h3-10,16-17H,1-2,11-15,18-19H2,(H2,29,30,32). The van der Waals surface area contributed by atoms with Gasteiger partial charge in [0.2, 0.25) is 0 Å². The maximum Gasteiger partial charge on any atom is 0.315 e. The molecule has 2 N–H and O–H groups in total. The second-order valence-electron chi connectivity index (χ2n) is 8.63. The number of carbonyl (C=O) groups is 1. The largest absolute Gasteiger partial charge is 0.493 e. The van der Waals surface area contributed by atoms with Gasteiger partial charge in [-0.2, -0.15) is 0 Å². The van der Waals surface area contributed by atoms with E-state index >= 15 is 0 Å². The van der Waals surface area contributed by atoms with E-state index in [1.807, 2.05) is 12.1 Å². The van der Waals surface area contributed by atoms with E-state index in [1.54, 1.807) is 6.20 Å². The number of rotatable bonds is 6. The van der Waals surface area contributed by atoms with Crippen LogP contribution in [0.25, 0.3) is 11.1 Å². The highest BCUT2D eigenvalue weighted by Gasteiger charge is 2.13. The highest BCUT2D eigenvalue weighted by Crippen LogP contribution is 2.30.